The summed E-state index contributed by atoms with van der Waals surface area (Å²) in [5.41, 5.74) is 3.07. The van der Waals surface area contributed by atoms with Crippen LogP contribution in [0.3, 0.4) is 0 Å². The summed E-state index contributed by atoms with van der Waals surface area (Å²) in [6.45, 7) is 10.6. The van der Waals surface area contributed by atoms with Crippen molar-refractivity contribution in [1.29, 1.82) is 5.41 Å². The lowest BCUT2D eigenvalue weighted by Gasteiger charge is -2.27. The molecule has 0 aliphatic carbocycles. The Morgan fingerprint density at radius 1 is 1.21 bits per heavy atom. The lowest BCUT2D eigenvalue weighted by molar-refractivity contribution is 0.0977. The van der Waals surface area contributed by atoms with Gasteiger partial charge in [0.25, 0.3) is 5.91 Å². The molecule has 4 rings (SSSR count). The van der Waals surface area contributed by atoms with Gasteiger partial charge in [-0.15, -0.1) is 0 Å². The Morgan fingerprint density at radius 2 is 1.95 bits per heavy atom. The smallest absolute Gasteiger partial charge is 0.256 e. The van der Waals surface area contributed by atoms with Crippen LogP contribution in [0.2, 0.25) is 0 Å². The van der Waals surface area contributed by atoms with E-state index in [1.165, 1.54) is 12.4 Å². The molecule has 11 heteroatoms. The van der Waals surface area contributed by atoms with Gasteiger partial charge in [0.1, 0.15) is 29.0 Å². The van der Waals surface area contributed by atoms with Crippen LogP contribution in [-0.2, 0) is 9.47 Å². The number of carbonyl (C=O) groups is 1. The number of methoxy groups -OCH3 is 1. The molecule has 3 heterocycles. The Kier molecular flexibility index (Phi) is 7.86. The summed E-state index contributed by atoms with van der Waals surface area (Å²) in [6.07, 6.45) is 4.71. The number of benzene rings is 1. The summed E-state index contributed by atoms with van der Waals surface area (Å²) in [4.78, 5) is 35.1. The van der Waals surface area contributed by atoms with E-state index in [0.29, 0.717) is 60.4 Å². The molecule has 0 unspecified atom stereocenters. The summed E-state index contributed by atoms with van der Waals surface area (Å²) in [5, 5.41) is 10.9. The fraction of sp³-hybridized carbons (Fsp3) is 0.407. The second kappa shape index (κ2) is 11.1. The molecule has 11 nitrogen and oxygen atoms in total. The van der Waals surface area contributed by atoms with Gasteiger partial charge in [0.05, 0.1) is 26.5 Å². The quantitative estimate of drug-likeness (QED) is 0.285. The highest BCUT2D eigenvalue weighted by Crippen LogP contribution is 2.31. The molecule has 200 valence electrons. The van der Waals surface area contributed by atoms with Crippen LogP contribution >= 0.6 is 0 Å². The van der Waals surface area contributed by atoms with Crippen molar-refractivity contribution in [2.45, 2.75) is 27.7 Å². The predicted octanol–water partition coefficient (Wildman–Crippen LogP) is 3.62. The maximum absolute atomic E-state index is 13.0. The van der Waals surface area contributed by atoms with Crippen molar-refractivity contribution in [2.75, 3.05) is 50.3 Å². The van der Waals surface area contributed by atoms with Gasteiger partial charge in [0.15, 0.2) is 5.82 Å². The first-order chi connectivity index (χ1) is 18.1. The lowest BCUT2D eigenvalue weighted by Crippen LogP contribution is -2.37. The number of amidine groups is 1. The number of morpholine rings is 1. The normalized spacial score (nSPS) is 14.4. The van der Waals surface area contributed by atoms with Crippen LogP contribution in [0.5, 0.6) is 0 Å². The third-order valence-electron chi connectivity index (χ3n) is 6.27. The third-order valence-corrected chi connectivity index (χ3v) is 6.27. The van der Waals surface area contributed by atoms with Crippen LogP contribution in [0.25, 0.3) is 11.0 Å². The second-order valence-electron chi connectivity index (χ2n) is 10.1. The van der Waals surface area contributed by atoms with Crippen LogP contribution in [0, 0.1) is 17.7 Å². The van der Waals surface area contributed by atoms with Crippen LogP contribution in [0.4, 0.5) is 17.5 Å². The van der Waals surface area contributed by atoms with E-state index in [2.05, 4.69) is 25.2 Å². The van der Waals surface area contributed by atoms with Gasteiger partial charge in [0, 0.05) is 42.9 Å². The van der Waals surface area contributed by atoms with E-state index in [-0.39, 0.29) is 11.3 Å². The molecule has 0 bridgehead atoms. The van der Waals surface area contributed by atoms with Gasteiger partial charge in [-0.05, 0) is 24.6 Å². The first-order valence-electron chi connectivity index (χ1n) is 12.4. The van der Waals surface area contributed by atoms with Gasteiger partial charge in [-0.25, -0.2) is 19.9 Å². The number of nitrogens with zero attached hydrogens (tertiary/aromatic N) is 6. The van der Waals surface area contributed by atoms with Crippen molar-refractivity contribution >= 4 is 40.2 Å². The van der Waals surface area contributed by atoms with Crippen LogP contribution in [0.1, 0.15) is 36.7 Å². The number of allylic oxidation sites excluding steroid dienone is 1. The highest BCUT2D eigenvalue weighted by molar-refractivity contribution is 6.09. The molecule has 1 aromatic carbocycles. The number of ether oxygens (including phenoxy) is 2. The van der Waals surface area contributed by atoms with Crippen LogP contribution in [0.15, 0.2) is 42.6 Å². The molecule has 0 spiro atoms. The molecule has 38 heavy (non-hydrogen) atoms. The number of nitrogens with one attached hydrogen (secondary N) is 2. The maximum atomic E-state index is 13.0. The zero-order chi connectivity index (χ0) is 27.4. The number of carbonyl (C=O) groups excluding carboxylic acids is 1. The van der Waals surface area contributed by atoms with E-state index in [0.717, 1.165) is 11.3 Å². The van der Waals surface area contributed by atoms with Gasteiger partial charge < -0.3 is 24.6 Å². The largest absolute Gasteiger partial charge is 0.500 e. The van der Waals surface area contributed by atoms with Gasteiger partial charge >= 0.3 is 0 Å². The SMILES string of the molecule is CO/C(=C\C(=N)NC(=O)c1ccc(C)c(N(C)c2ncnc3cnc(N4CCOCC4)nc23)c1)C(C)(C)C. The van der Waals surface area contributed by atoms with E-state index in [9.17, 15) is 4.79 Å². The number of rotatable bonds is 6. The topological polar surface area (TPSA) is 129 Å². The monoisotopic (exact) mass is 518 g/mol. The van der Waals surface area contributed by atoms with E-state index >= 15 is 0 Å². The molecule has 1 amide bonds. The highest BCUT2D eigenvalue weighted by atomic mass is 16.5. The molecule has 1 aliphatic heterocycles. The van der Waals surface area contributed by atoms with Gasteiger partial charge in [-0.3, -0.25) is 10.2 Å². The number of hydrogen-bond acceptors (Lipinski definition) is 10. The van der Waals surface area contributed by atoms with E-state index in [4.69, 9.17) is 19.9 Å². The van der Waals surface area contributed by atoms with Crippen molar-refractivity contribution in [3.8, 4) is 0 Å². The van der Waals surface area contributed by atoms with Crippen molar-refractivity contribution in [2.24, 2.45) is 5.41 Å². The van der Waals surface area contributed by atoms with E-state index in [1.54, 1.807) is 25.4 Å². The zero-order valence-electron chi connectivity index (χ0n) is 22.7. The number of fused-ring (bicyclic) bond motifs is 1. The number of hydrogen-bond donors (Lipinski definition) is 2. The second-order valence-corrected chi connectivity index (χ2v) is 10.1. The molecular weight excluding hydrogens is 484 g/mol. The minimum Gasteiger partial charge on any atom is -0.500 e. The number of aromatic nitrogens is 4. The molecule has 0 atom stereocenters. The minimum atomic E-state index is -0.394. The Labute approximate surface area is 222 Å². The third kappa shape index (κ3) is 5.88. The fourth-order valence-electron chi connectivity index (χ4n) is 4.16. The van der Waals surface area contributed by atoms with Crippen molar-refractivity contribution in [1.82, 2.24) is 25.3 Å². The van der Waals surface area contributed by atoms with Crippen molar-refractivity contribution in [3.05, 3.63) is 53.7 Å². The van der Waals surface area contributed by atoms with E-state index < -0.39 is 5.91 Å². The first-order valence-corrected chi connectivity index (χ1v) is 12.4. The molecule has 0 radical (unpaired) electrons. The first kappa shape index (κ1) is 26.9. The number of anilines is 3. The number of aryl methyl sites for hydroxylation is 1. The fourth-order valence-corrected chi connectivity index (χ4v) is 4.16. The molecular formula is C27H34N8O3. The molecule has 3 aromatic rings. The van der Waals surface area contributed by atoms with Crippen LogP contribution < -0.4 is 15.1 Å². The average Bonchev–Trinajstić information content (AvgIpc) is 2.90. The zero-order valence-corrected chi connectivity index (χ0v) is 22.7. The number of amides is 1. The highest BCUT2D eigenvalue weighted by Gasteiger charge is 2.21. The molecule has 1 aliphatic rings. The Balaban J connectivity index is 1.63. The van der Waals surface area contributed by atoms with Gasteiger partial charge in [-0.2, -0.15) is 0 Å². The van der Waals surface area contributed by atoms with Crippen molar-refractivity contribution < 1.29 is 14.3 Å². The average molecular weight is 519 g/mol. The summed E-state index contributed by atoms with van der Waals surface area (Å²) < 4.78 is 10.9. The predicted molar refractivity (Wildman–Crippen MR) is 147 cm³/mol. The summed E-state index contributed by atoms with van der Waals surface area (Å²) in [6, 6.07) is 5.38. The van der Waals surface area contributed by atoms with Crippen LogP contribution in [-0.4, -0.2) is 72.1 Å². The molecule has 2 N–H and O–H groups in total. The Hall–Kier alpha value is -4.12. The molecule has 1 fully saturated rings. The summed E-state index contributed by atoms with van der Waals surface area (Å²) in [7, 11) is 3.43. The Bertz CT molecular complexity index is 1380. The standard InChI is InChI=1S/C27H34N8O3/c1-17-7-8-18(25(36)32-22(28)14-21(37-6)27(2,3)4)13-20(17)34(5)24-23-19(30-16-31-24)15-29-26(33-23)35-9-11-38-12-10-35/h7-8,13-16H,9-12H2,1-6H3,(H2,28,32,36)/b21-14-. The summed E-state index contributed by atoms with van der Waals surface area (Å²) >= 11 is 0. The maximum Gasteiger partial charge on any atom is 0.256 e. The molecule has 0 saturated carbocycles. The van der Waals surface area contributed by atoms with E-state index in [1.807, 2.05) is 45.7 Å². The van der Waals surface area contributed by atoms with Gasteiger partial charge in [0.2, 0.25) is 5.95 Å². The van der Waals surface area contributed by atoms with Crippen molar-refractivity contribution in [3.63, 3.8) is 0 Å². The lowest BCUT2D eigenvalue weighted by atomic mass is 9.93. The Morgan fingerprint density at radius 3 is 2.63 bits per heavy atom. The molecule has 2 aromatic heterocycles. The van der Waals surface area contributed by atoms with Gasteiger partial charge in [-0.1, -0.05) is 26.8 Å². The summed E-state index contributed by atoms with van der Waals surface area (Å²) in [5.74, 6) is 1.35. The minimum absolute atomic E-state index is 0.0496. The molecule has 1 saturated heterocycles.